The molecule has 0 spiro atoms. The van der Waals surface area contributed by atoms with E-state index in [2.05, 4.69) is 20.9 Å². The van der Waals surface area contributed by atoms with Gasteiger partial charge in [0.05, 0.1) is 12.3 Å². The van der Waals surface area contributed by atoms with E-state index in [9.17, 15) is 0 Å². The Morgan fingerprint density at radius 2 is 2.31 bits per heavy atom. The maximum Gasteiger partial charge on any atom is 0.138 e. The van der Waals surface area contributed by atoms with Gasteiger partial charge in [-0.2, -0.15) is 0 Å². The lowest BCUT2D eigenvalue weighted by atomic mass is 10.4. The topological polar surface area (TPSA) is 31.4 Å². The van der Waals surface area contributed by atoms with Gasteiger partial charge in [0.1, 0.15) is 12.4 Å². The number of ether oxygens (including phenoxy) is 2. The summed E-state index contributed by atoms with van der Waals surface area (Å²) in [6, 6.07) is 1.87. The first-order valence-electron chi connectivity index (χ1n) is 3.98. The molecule has 0 aromatic carbocycles. The summed E-state index contributed by atoms with van der Waals surface area (Å²) >= 11 is 3.31. The van der Waals surface area contributed by atoms with Crippen molar-refractivity contribution in [2.24, 2.45) is 0 Å². The van der Waals surface area contributed by atoms with Crippen molar-refractivity contribution in [1.29, 1.82) is 0 Å². The van der Waals surface area contributed by atoms with Gasteiger partial charge in [-0.25, -0.2) is 0 Å². The van der Waals surface area contributed by atoms with Crippen molar-refractivity contribution in [1.82, 2.24) is 4.98 Å². The molecule has 1 unspecified atom stereocenters. The third-order valence-electron chi connectivity index (χ3n) is 1.57. The maximum atomic E-state index is 5.42. The van der Waals surface area contributed by atoms with Gasteiger partial charge in [0.15, 0.2) is 0 Å². The largest absolute Gasteiger partial charge is 0.489 e. The SMILES string of the molecule is COC(C)COc1cncc(Br)c1. The summed E-state index contributed by atoms with van der Waals surface area (Å²) in [4.78, 5) is 3.98. The Hall–Kier alpha value is -0.610. The van der Waals surface area contributed by atoms with E-state index in [0.29, 0.717) is 6.61 Å². The Morgan fingerprint density at radius 1 is 1.54 bits per heavy atom. The predicted octanol–water partition coefficient (Wildman–Crippen LogP) is 2.26. The second kappa shape index (κ2) is 5.19. The van der Waals surface area contributed by atoms with Crippen molar-refractivity contribution in [3.63, 3.8) is 0 Å². The maximum absolute atomic E-state index is 5.42. The average molecular weight is 246 g/mol. The number of hydrogen-bond donors (Lipinski definition) is 0. The lowest BCUT2D eigenvalue weighted by Gasteiger charge is -2.10. The van der Waals surface area contributed by atoms with Crippen LogP contribution < -0.4 is 4.74 Å². The van der Waals surface area contributed by atoms with Gasteiger partial charge in [0.25, 0.3) is 0 Å². The summed E-state index contributed by atoms with van der Waals surface area (Å²) in [5.41, 5.74) is 0. The van der Waals surface area contributed by atoms with Crippen molar-refractivity contribution in [2.45, 2.75) is 13.0 Å². The molecule has 0 saturated heterocycles. The van der Waals surface area contributed by atoms with Gasteiger partial charge in [0.2, 0.25) is 0 Å². The number of aromatic nitrogens is 1. The van der Waals surface area contributed by atoms with Crippen LogP contribution in [-0.4, -0.2) is 24.8 Å². The van der Waals surface area contributed by atoms with Gasteiger partial charge in [-0.3, -0.25) is 4.98 Å². The molecule has 13 heavy (non-hydrogen) atoms. The lowest BCUT2D eigenvalue weighted by molar-refractivity contribution is 0.0715. The molecule has 1 aromatic rings. The Kier molecular flexibility index (Phi) is 4.18. The van der Waals surface area contributed by atoms with Crippen molar-refractivity contribution >= 4 is 15.9 Å². The normalized spacial score (nSPS) is 12.5. The summed E-state index contributed by atoms with van der Waals surface area (Å²) in [6.07, 6.45) is 3.48. The molecule has 0 aliphatic carbocycles. The molecule has 0 aliphatic rings. The zero-order valence-electron chi connectivity index (χ0n) is 7.66. The van der Waals surface area contributed by atoms with Gasteiger partial charge >= 0.3 is 0 Å². The van der Waals surface area contributed by atoms with Gasteiger partial charge in [-0.1, -0.05) is 0 Å². The van der Waals surface area contributed by atoms with Crippen LogP contribution in [0.2, 0.25) is 0 Å². The van der Waals surface area contributed by atoms with Crippen molar-refractivity contribution in [3.8, 4) is 5.75 Å². The second-order valence-corrected chi connectivity index (χ2v) is 3.61. The first-order chi connectivity index (χ1) is 6.22. The van der Waals surface area contributed by atoms with Crippen LogP contribution in [0.4, 0.5) is 0 Å². The highest BCUT2D eigenvalue weighted by molar-refractivity contribution is 9.10. The molecular weight excluding hydrogens is 234 g/mol. The predicted molar refractivity (Wildman–Crippen MR) is 53.9 cm³/mol. The van der Waals surface area contributed by atoms with E-state index in [1.165, 1.54) is 0 Å². The van der Waals surface area contributed by atoms with Crippen LogP contribution in [0.5, 0.6) is 5.75 Å². The molecule has 1 heterocycles. The van der Waals surface area contributed by atoms with E-state index in [0.717, 1.165) is 10.2 Å². The third kappa shape index (κ3) is 3.74. The Morgan fingerprint density at radius 3 is 2.92 bits per heavy atom. The monoisotopic (exact) mass is 245 g/mol. The first-order valence-corrected chi connectivity index (χ1v) is 4.78. The van der Waals surface area contributed by atoms with Crippen LogP contribution >= 0.6 is 15.9 Å². The molecule has 0 amide bonds. The Labute approximate surface area is 86.2 Å². The van der Waals surface area contributed by atoms with E-state index < -0.39 is 0 Å². The van der Waals surface area contributed by atoms with Gasteiger partial charge in [0, 0.05) is 17.8 Å². The molecule has 1 rings (SSSR count). The first kappa shape index (κ1) is 10.5. The molecular formula is C9H12BrNO2. The summed E-state index contributed by atoms with van der Waals surface area (Å²) in [6.45, 7) is 2.49. The highest BCUT2D eigenvalue weighted by Crippen LogP contribution is 2.15. The summed E-state index contributed by atoms with van der Waals surface area (Å²) < 4.78 is 11.4. The Balaban J connectivity index is 2.45. The van der Waals surface area contributed by atoms with E-state index >= 15 is 0 Å². The van der Waals surface area contributed by atoms with Gasteiger partial charge in [-0.15, -0.1) is 0 Å². The molecule has 3 nitrogen and oxygen atoms in total. The fraction of sp³-hybridized carbons (Fsp3) is 0.444. The summed E-state index contributed by atoms with van der Waals surface area (Å²) in [5.74, 6) is 0.748. The number of halogens is 1. The smallest absolute Gasteiger partial charge is 0.138 e. The van der Waals surface area contributed by atoms with Crippen LogP contribution in [0.25, 0.3) is 0 Å². The lowest BCUT2D eigenvalue weighted by Crippen LogP contribution is -2.15. The highest BCUT2D eigenvalue weighted by atomic mass is 79.9. The number of methoxy groups -OCH3 is 1. The number of pyridine rings is 1. The van der Waals surface area contributed by atoms with E-state index in [-0.39, 0.29) is 6.10 Å². The van der Waals surface area contributed by atoms with Crippen LogP contribution in [0, 0.1) is 0 Å². The standard InChI is InChI=1S/C9H12BrNO2/c1-7(12-2)6-13-9-3-8(10)4-11-5-9/h3-5,7H,6H2,1-2H3. The fourth-order valence-corrected chi connectivity index (χ4v) is 1.10. The molecule has 0 saturated carbocycles. The summed E-state index contributed by atoms with van der Waals surface area (Å²) in [5, 5.41) is 0. The highest BCUT2D eigenvalue weighted by Gasteiger charge is 2.00. The molecule has 0 bridgehead atoms. The minimum atomic E-state index is 0.0963. The minimum Gasteiger partial charge on any atom is -0.489 e. The fourth-order valence-electron chi connectivity index (χ4n) is 0.753. The molecule has 0 N–H and O–H groups in total. The molecule has 4 heteroatoms. The number of hydrogen-bond acceptors (Lipinski definition) is 3. The zero-order valence-corrected chi connectivity index (χ0v) is 9.24. The molecule has 1 atom stereocenters. The van der Waals surface area contributed by atoms with Crippen LogP contribution in [0.1, 0.15) is 6.92 Å². The zero-order chi connectivity index (χ0) is 9.68. The van der Waals surface area contributed by atoms with E-state index in [4.69, 9.17) is 9.47 Å². The van der Waals surface area contributed by atoms with E-state index in [1.54, 1.807) is 19.5 Å². The van der Waals surface area contributed by atoms with E-state index in [1.807, 2.05) is 13.0 Å². The van der Waals surface area contributed by atoms with Gasteiger partial charge in [-0.05, 0) is 28.9 Å². The average Bonchev–Trinajstić information content (AvgIpc) is 2.14. The quantitative estimate of drug-likeness (QED) is 0.816. The number of rotatable bonds is 4. The van der Waals surface area contributed by atoms with Crippen molar-refractivity contribution in [2.75, 3.05) is 13.7 Å². The van der Waals surface area contributed by atoms with Crippen LogP contribution in [0.3, 0.4) is 0 Å². The molecule has 0 radical (unpaired) electrons. The number of nitrogens with zero attached hydrogens (tertiary/aromatic N) is 1. The molecule has 0 fully saturated rings. The third-order valence-corrected chi connectivity index (χ3v) is 2.00. The van der Waals surface area contributed by atoms with Crippen molar-refractivity contribution < 1.29 is 9.47 Å². The summed E-state index contributed by atoms with van der Waals surface area (Å²) in [7, 11) is 1.66. The van der Waals surface area contributed by atoms with Gasteiger partial charge < -0.3 is 9.47 Å². The second-order valence-electron chi connectivity index (χ2n) is 2.70. The molecule has 72 valence electrons. The van der Waals surface area contributed by atoms with Crippen LogP contribution in [-0.2, 0) is 4.74 Å². The minimum absolute atomic E-state index is 0.0963. The molecule has 1 aromatic heterocycles. The van der Waals surface area contributed by atoms with Crippen molar-refractivity contribution in [3.05, 3.63) is 22.9 Å². The van der Waals surface area contributed by atoms with Crippen LogP contribution in [0.15, 0.2) is 22.9 Å². The Bertz CT molecular complexity index is 268. The molecule has 0 aliphatic heterocycles.